The number of rotatable bonds is 6. The molecule has 1 aliphatic carbocycles. The molecule has 2 aromatic carbocycles. The van der Waals surface area contributed by atoms with E-state index in [9.17, 15) is 0 Å². The summed E-state index contributed by atoms with van der Waals surface area (Å²) in [5.41, 5.74) is 5.05. The third kappa shape index (κ3) is 5.11. The van der Waals surface area contributed by atoms with Gasteiger partial charge in [0.2, 0.25) is 0 Å². The first-order chi connectivity index (χ1) is 14.2. The summed E-state index contributed by atoms with van der Waals surface area (Å²) in [5, 5.41) is 0. The molecule has 29 heavy (non-hydrogen) atoms. The fourth-order valence-electron chi connectivity index (χ4n) is 4.27. The Morgan fingerprint density at radius 2 is 1.79 bits per heavy atom. The summed E-state index contributed by atoms with van der Waals surface area (Å²) in [5.74, 6) is 1.70. The predicted molar refractivity (Wildman–Crippen MR) is 120 cm³/mol. The van der Waals surface area contributed by atoms with Gasteiger partial charge in [-0.3, -0.25) is 4.99 Å². The van der Waals surface area contributed by atoms with Crippen molar-refractivity contribution >= 4 is 11.4 Å². The van der Waals surface area contributed by atoms with Crippen LogP contribution in [-0.2, 0) is 6.42 Å². The molecule has 154 valence electrons. The molecule has 2 aliphatic rings. The average Bonchev–Trinajstić information content (AvgIpc) is 2.76. The zero-order chi connectivity index (χ0) is 20.1. The van der Waals surface area contributed by atoms with Crippen LogP contribution in [0.3, 0.4) is 0 Å². The summed E-state index contributed by atoms with van der Waals surface area (Å²) >= 11 is 0. The lowest BCUT2D eigenvalue weighted by atomic mass is 9.98. The molecule has 0 aromatic heterocycles. The largest absolute Gasteiger partial charge is 0.493 e. The third-order valence-corrected chi connectivity index (χ3v) is 5.97. The summed E-state index contributed by atoms with van der Waals surface area (Å²) < 4.78 is 11.9. The number of hydrogen-bond acceptors (Lipinski definition) is 4. The monoisotopic (exact) mass is 392 g/mol. The second-order valence-electron chi connectivity index (χ2n) is 8.24. The molecule has 0 bridgehead atoms. The zero-order valence-electron chi connectivity index (χ0n) is 17.7. The third-order valence-electron chi connectivity index (χ3n) is 5.97. The molecule has 1 fully saturated rings. The van der Waals surface area contributed by atoms with E-state index in [2.05, 4.69) is 48.2 Å². The Hall–Kier alpha value is -2.49. The van der Waals surface area contributed by atoms with E-state index < -0.39 is 0 Å². The van der Waals surface area contributed by atoms with Crippen molar-refractivity contribution in [3.63, 3.8) is 0 Å². The summed E-state index contributed by atoms with van der Waals surface area (Å²) in [4.78, 5) is 7.20. The maximum atomic E-state index is 6.36. The fraction of sp³-hybridized carbons (Fsp3) is 0.480. The molecule has 0 saturated heterocycles. The number of methoxy groups -OCH3 is 1. The van der Waals surface area contributed by atoms with Gasteiger partial charge in [0.1, 0.15) is 0 Å². The van der Waals surface area contributed by atoms with Crippen molar-refractivity contribution in [2.24, 2.45) is 4.99 Å². The first-order valence-electron chi connectivity index (χ1n) is 10.9. The maximum absolute atomic E-state index is 6.36. The standard InChI is InChI=1S/C25H32N2O2/c1-19-8-10-20(11-9-19)16-21-18-27(15-14-26-21)22-12-13-24(28-2)25(17-22)29-23-6-4-3-5-7-23/h8-13,17,23H,3-7,14-16,18H2,1-2H3. The topological polar surface area (TPSA) is 34.1 Å². The number of ether oxygens (including phenoxy) is 2. The molecule has 4 rings (SSSR count). The summed E-state index contributed by atoms with van der Waals surface area (Å²) in [6.45, 7) is 4.77. The highest BCUT2D eigenvalue weighted by Gasteiger charge is 2.20. The minimum absolute atomic E-state index is 0.313. The normalized spacial score (nSPS) is 17.7. The van der Waals surface area contributed by atoms with Gasteiger partial charge in [-0.05, 0) is 50.3 Å². The van der Waals surface area contributed by atoms with E-state index in [1.807, 2.05) is 6.07 Å². The Kier molecular flexibility index (Phi) is 6.38. The van der Waals surface area contributed by atoms with Crippen molar-refractivity contribution in [1.29, 1.82) is 0 Å². The molecule has 0 radical (unpaired) electrons. The van der Waals surface area contributed by atoms with E-state index in [1.165, 1.54) is 41.8 Å². The van der Waals surface area contributed by atoms with Crippen LogP contribution in [0.5, 0.6) is 11.5 Å². The second kappa shape index (κ2) is 9.34. The Labute approximate surface area is 174 Å². The van der Waals surface area contributed by atoms with E-state index in [0.717, 1.165) is 50.4 Å². The minimum atomic E-state index is 0.313. The Morgan fingerprint density at radius 3 is 2.55 bits per heavy atom. The Balaban J connectivity index is 1.46. The minimum Gasteiger partial charge on any atom is -0.493 e. The van der Waals surface area contributed by atoms with Gasteiger partial charge in [-0.2, -0.15) is 0 Å². The molecule has 0 unspecified atom stereocenters. The van der Waals surface area contributed by atoms with Gasteiger partial charge < -0.3 is 14.4 Å². The van der Waals surface area contributed by atoms with Crippen LogP contribution in [0, 0.1) is 6.92 Å². The molecule has 0 spiro atoms. The summed E-state index contributed by atoms with van der Waals surface area (Å²) in [7, 11) is 1.72. The van der Waals surface area contributed by atoms with Gasteiger partial charge in [-0.15, -0.1) is 0 Å². The van der Waals surface area contributed by atoms with Crippen molar-refractivity contribution in [3.05, 3.63) is 53.6 Å². The van der Waals surface area contributed by atoms with E-state index in [4.69, 9.17) is 14.5 Å². The highest BCUT2D eigenvalue weighted by Crippen LogP contribution is 2.35. The van der Waals surface area contributed by atoms with Crippen molar-refractivity contribution in [3.8, 4) is 11.5 Å². The molecular weight excluding hydrogens is 360 g/mol. The van der Waals surface area contributed by atoms with Crippen LogP contribution in [-0.4, -0.2) is 38.6 Å². The molecule has 1 aliphatic heterocycles. The molecule has 2 aromatic rings. The zero-order valence-corrected chi connectivity index (χ0v) is 17.7. The second-order valence-corrected chi connectivity index (χ2v) is 8.24. The molecule has 0 amide bonds. The highest BCUT2D eigenvalue weighted by atomic mass is 16.5. The number of aryl methyl sites for hydroxylation is 1. The SMILES string of the molecule is COc1ccc(N2CCN=C(Cc3ccc(C)cc3)C2)cc1OC1CCCCC1. The lowest BCUT2D eigenvalue weighted by molar-refractivity contribution is 0.149. The van der Waals surface area contributed by atoms with Crippen molar-refractivity contribution in [1.82, 2.24) is 0 Å². The average molecular weight is 393 g/mol. The number of benzene rings is 2. The van der Waals surface area contributed by atoms with Crippen LogP contribution in [0.15, 0.2) is 47.5 Å². The van der Waals surface area contributed by atoms with Crippen LogP contribution in [0.2, 0.25) is 0 Å². The van der Waals surface area contributed by atoms with Gasteiger partial charge in [0.05, 0.1) is 26.3 Å². The van der Waals surface area contributed by atoms with Crippen molar-refractivity contribution < 1.29 is 9.47 Å². The predicted octanol–water partition coefficient (Wildman–Crippen LogP) is 5.22. The number of anilines is 1. The van der Waals surface area contributed by atoms with Gasteiger partial charge in [-0.25, -0.2) is 0 Å². The van der Waals surface area contributed by atoms with E-state index in [0.29, 0.717) is 6.10 Å². The number of nitrogens with zero attached hydrogens (tertiary/aromatic N) is 2. The molecule has 4 heteroatoms. The summed E-state index contributed by atoms with van der Waals surface area (Å²) in [6, 6.07) is 15.1. The maximum Gasteiger partial charge on any atom is 0.163 e. The Bertz CT molecular complexity index is 838. The molecule has 0 N–H and O–H groups in total. The molecule has 4 nitrogen and oxygen atoms in total. The van der Waals surface area contributed by atoms with E-state index >= 15 is 0 Å². The van der Waals surface area contributed by atoms with Crippen LogP contribution >= 0.6 is 0 Å². The fourth-order valence-corrected chi connectivity index (χ4v) is 4.27. The van der Waals surface area contributed by atoms with Gasteiger partial charge in [0, 0.05) is 30.4 Å². The van der Waals surface area contributed by atoms with Crippen LogP contribution in [0.4, 0.5) is 5.69 Å². The summed E-state index contributed by atoms with van der Waals surface area (Å²) in [6.07, 6.45) is 7.36. The lowest BCUT2D eigenvalue weighted by Gasteiger charge is -2.30. The van der Waals surface area contributed by atoms with Gasteiger partial charge in [0.25, 0.3) is 0 Å². The first-order valence-corrected chi connectivity index (χ1v) is 10.9. The molecule has 1 heterocycles. The highest BCUT2D eigenvalue weighted by molar-refractivity contribution is 5.91. The van der Waals surface area contributed by atoms with Gasteiger partial charge >= 0.3 is 0 Å². The number of aliphatic imine (C=N–C) groups is 1. The van der Waals surface area contributed by atoms with Gasteiger partial charge in [0.15, 0.2) is 11.5 Å². The Morgan fingerprint density at radius 1 is 1.00 bits per heavy atom. The van der Waals surface area contributed by atoms with Gasteiger partial charge in [-0.1, -0.05) is 36.2 Å². The smallest absolute Gasteiger partial charge is 0.163 e. The van der Waals surface area contributed by atoms with E-state index in [1.54, 1.807) is 7.11 Å². The van der Waals surface area contributed by atoms with Crippen molar-refractivity contribution in [2.45, 2.75) is 51.6 Å². The van der Waals surface area contributed by atoms with Crippen LogP contribution in [0.25, 0.3) is 0 Å². The van der Waals surface area contributed by atoms with Crippen molar-refractivity contribution in [2.75, 3.05) is 31.6 Å². The first kappa shape index (κ1) is 19.8. The quantitative estimate of drug-likeness (QED) is 0.676. The lowest BCUT2D eigenvalue weighted by Crippen LogP contribution is -2.37. The van der Waals surface area contributed by atoms with Crippen LogP contribution in [0.1, 0.15) is 43.2 Å². The van der Waals surface area contributed by atoms with E-state index in [-0.39, 0.29) is 0 Å². The molecular formula is C25H32N2O2. The number of hydrogen-bond donors (Lipinski definition) is 0. The molecule has 1 saturated carbocycles. The van der Waals surface area contributed by atoms with Crippen LogP contribution < -0.4 is 14.4 Å². The molecule has 0 atom stereocenters.